The van der Waals surface area contributed by atoms with Crippen molar-refractivity contribution in [2.45, 2.75) is 26.3 Å². The Hall–Kier alpha value is -2.94. The fourth-order valence-electron chi connectivity index (χ4n) is 2.74. The largest absolute Gasteiger partial charge is 0.466 e. The summed E-state index contributed by atoms with van der Waals surface area (Å²) < 4.78 is 46.1. The Morgan fingerprint density at radius 3 is 2.52 bits per heavy atom. The highest BCUT2D eigenvalue weighted by Gasteiger charge is 2.22. The van der Waals surface area contributed by atoms with Gasteiger partial charge >= 0.3 is 5.97 Å². The number of fused-ring (bicyclic) bond motifs is 1. The van der Waals surface area contributed by atoms with Crippen LogP contribution in [-0.4, -0.2) is 23.5 Å². The maximum Gasteiger partial charge on any atom is 0.306 e. The fourth-order valence-corrected chi connectivity index (χ4v) is 3.69. The second kappa shape index (κ2) is 9.04. The fraction of sp³-hybridized carbons (Fsp3) is 0.250. The molecule has 29 heavy (non-hydrogen) atoms. The van der Waals surface area contributed by atoms with Gasteiger partial charge in [0.15, 0.2) is 11.6 Å². The topological polar surface area (TPSA) is 59.5 Å². The molecule has 3 aromatic rings. The average molecular weight is 422 g/mol. The lowest BCUT2D eigenvalue weighted by Crippen LogP contribution is -2.30. The number of hydrogen-bond donors (Lipinski definition) is 0. The number of halogens is 3. The summed E-state index contributed by atoms with van der Waals surface area (Å²) >= 11 is 0.841. The zero-order valence-corrected chi connectivity index (χ0v) is 16.3. The molecule has 0 bridgehead atoms. The molecule has 0 spiro atoms. The van der Waals surface area contributed by atoms with E-state index >= 15 is 0 Å². The van der Waals surface area contributed by atoms with Crippen LogP contribution < -0.4 is 4.90 Å². The number of thiazole rings is 1. The number of rotatable bonds is 7. The van der Waals surface area contributed by atoms with E-state index in [4.69, 9.17) is 4.74 Å². The number of nitrogens with zero attached hydrogens (tertiary/aromatic N) is 2. The number of benzene rings is 2. The molecule has 1 heterocycles. The Bertz CT molecular complexity index is 1040. The number of esters is 1. The van der Waals surface area contributed by atoms with Crippen LogP contribution in [0.15, 0.2) is 36.4 Å². The molecule has 0 atom stereocenters. The number of ether oxygens (including phenoxy) is 1. The third-order valence-corrected chi connectivity index (χ3v) is 5.12. The van der Waals surface area contributed by atoms with Crippen molar-refractivity contribution in [1.82, 2.24) is 4.98 Å². The Balaban J connectivity index is 1.88. The van der Waals surface area contributed by atoms with Gasteiger partial charge in [0.25, 0.3) is 0 Å². The van der Waals surface area contributed by atoms with Gasteiger partial charge in [0.1, 0.15) is 16.3 Å². The molecule has 152 valence electrons. The molecule has 0 aliphatic carbocycles. The van der Waals surface area contributed by atoms with Gasteiger partial charge in [0, 0.05) is 18.2 Å². The van der Waals surface area contributed by atoms with Gasteiger partial charge in [-0.25, -0.2) is 18.2 Å². The van der Waals surface area contributed by atoms with E-state index < -0.39 is 28.9 Å². The molecule has 9 heteroatoms. The number of aromatic nitrogens is 1. The van der Waals surface area contributed by atoms with E-state index in [-0.39, 0.29) is 41.6 Å². The van der Waals surface area contributed by atoms with Crippen molar-refractivity contribution in [3.05, 3.63) is 58.9 Å². The number of amides is 1. The van der Waals surface area contributed by atoms with Crippen LogP contribution in [0.4, 0.5) is 18.9 Å². The van der Waals surface area contributed by atoms with Crippen molar-refractivity contribution in [2.75, 3.05) is 11.5 Å². The van der Waals surface area contributed by atoms with E-state index in [1.807, 2.05) is 0 Å². The van der Waals surface area contributed by atoms with E-state index in [0.29, 0.717) is 11.8 Å². The zero-order chi connectivity index (χ0) is 21.0. The van der Waals surface area contributed by atoms with Gasteiger partial charge in [-0.3, -0.25) is 9.59 Å². The van der Waals surface area contributed by atoms with Crippen LogP contribution in [0.5, 0.6) is 0 Å². The monoisotopic (exact) mass is 422 g/mol. The normalized spacial score (nSPS) is 10.9. The van der Waals surface area contributed by atoms with Crippen LogP contribution in [0.25, 0.3) is 10.2 Å². The minimum Gasteiger partial charge on any atom is -0.466 e. The van der Waals surface area contributed by atoms with Crippen LogP contribution in [0, 0.1) is 17.5 Å². The van der Waals surface area contributed by atoms with Crippen LogP contribution in [0.3, 0.4) is 0 Å². The summed E-state index contributed by atoms with van der Waals surface area (Å²) in [5.41, 5.74) is 0.127. The second-order valence-corrected chi connectivity index (χ2v) is 7.14. The molecule has 0 aliphatic rings. The molecule has 0 saturated heterocycles. The molecular formula is C20H17F3N2O3S. The summed E-state index contributed by atoms with van der Waals surface area (Å²) in [7, 11) is 0. The second-order valence-electron chi connectivity index (χ2n) is 6.06. The van der Waals surface area contributed by atoms with E-state index in [0.717, 1.165) is 11.3 Å². The third kappa shape index (κ3) is 4.73. The average Bonchev–Trinajstić information content (AvgIpc) is 3.14. The maximum atomic E-state index is 14.0. The first-order valence-corrected chi connectivity index (χ1v) is 9.66. The molecule has 0 radical (unpaired) electrons. The van der Waals surface area contributed by atoms with Gasteiger partial charge in [-0.05, 0) is 19.1 Å². The summed E-state index contributed by atoms with van der Waals surface area (Å²) in [6.07, 6.45) is -0.194. The molecular weight excluding hydrogens is 405 g/mol. The van der Waals surface area contributed by atoms with Crippen molar-refractivity contribution in [1.29, 1.82) is 0 Å². The highest BCUT2D eigenvalue weighted by Crippen LogP contribution is 2.30. The van der Waals surface area contributed by atoms with Crippen LogP contribution in [0.2, 0.25) is 0 Å². The molecule has 0 aliphatic heterocycles. The predicted octanol–water partition coefficient (Wildman–Crippen LogP) is 4.59. The minimum atomic E-state index is -1.32. The summed E-state index contributed by atoms with van der Waals surface area (Å²) in [6, 6.07) is 9.09. The van der Waals surface area contributed by atoms with Gasteiger partial charge in [0.05, 0.1) is 24.3 Å². The molecule has 2 aromatic carbocycles. The molecule has 0 fully saturated rings. The quantitative estimate of drug-likeness (QED) is 0.413. The SMILES string of the molecule is CCOC(=O)CCC(=O)N(Cc1nc2c(F)c(F)cc(F)c2s1)c1ccccc1. The summed E-state index contributed by atoms with van der Waals surface area (Å²) in [5.74, 6) is -4.34. The van der Waals surface area contributed by atoms with E-state index in [1.54, 1.807) is 37.3 Å². The van der Waals surface area contributed by atoms with E-state index in [9.17, 15) is 22.8 Å². The predicted molar refractivity (Wildman–Crippen MR) is 103 cm³/mol. The Morgan fingerprint density at radius 1 is 1.10 bits per heavy atom. The summed E-state index contributed by atoms with van der Waals surface area (Å²) in [5, 5.41) is 0.233. The van der Waals surface area contributed by atoms with Gasteiger partial charge < -0.3 is 9.64 Å². The van der Waals surface area contributed by atoms with Gasteiger partial charge in [-0.1, -0.05) is 18.2 Å². The molecule has 1 amide bonds. The minimum absolute atomic E-state index is 0.0779. The molecule has 3 rings (SSSR count). The summed E-state index contributed by atoms with van der Waals surface area (Å²) in [6.45, 7) is 1.81. The lowest BCUT2D eigenvalue weighted by atomic mass is 10.2. The van der Waals surface area contributed by atoms with Crippen molar-refractivity contribution < 1.29 is 27.5 Å². The van der Waals surface area contributed by atoms with Crippen LogP contribution in [-0.2, 0) is 20.9 Å². The first-order chi connectivity index (χ1) is 13.9. The highest BCUT2D eigenvalue weighted by molar-refractivity contribution is 7.18. The smallest absolute Gasteiger partial charge is 0.306 e. The third-order valence-electron chi connectivity index (χ3n) is 4.07. The van der Waals surface area contributed by atoms with Crippen molar-refractivity contribution in [3.63, 3.8) is 0 Å². The Labute approximate surface area is 168 Å². The number of hydrogen-bond acceptors (Lipinski definition) is 5. The molecule has 0 N–H and O–H groups in total. The Kier molecular flexibility index (Phi) is 6.48. The lowest BCUT2D eigenvalue weighted by molar-refractivity contribution is -0.144. The lowest BCUT2D eigenvalue weighted by Gasteiger charge is -2.21. The number of anilines is 1. The molecule has 1 aromatic heterocycles. The number of carbonyl (C=O) groups is 2. The number of para-hydroxylation sites is 1. The van der Waals surface area contributed by atoms with E-state index in [2.05, 4.69) is 4.98 Å². The van der Waals surface area contributed by atoms with Gasteiger partial charge in [0.2, 0.25) is 5.91 Å². The zero-order valence-electron chi connectivity index (χ0n) is 15.5. The molecule has 0 saturated carbocycles. The van der Waals surface area contributed by atoms with Crippen molar-refractivity contribution in [2.24, 2.45) is 0 Å². The molecule has 5 nitrogen and oxygen atoms in total. The van der Waals surface area contributed by atoms with Crippen molar-refractivity contribution in [3.8, 4) is 0 Å². The Morgan fingerprint density at radius 2 is 1.83 bits per heavy atom. The molecule has 0 unspecified atom stereocenters. The van der Waals surface area contributed by atoms with Gasteiger partial charge in [-0.2, -0.15) is 0 Å². The summed E-state index contributed by atoms with van der Waals surface area (Å²) in [4.78, 5) is 29.7. The van der Waals surface area contributed by atoms with Crippen LogP contribution in [0.1, 0.15) is 24.8 Å². The maximum absolute atomic E-state index is 14.0. The first-order valence-electron chi connectivity index (χ1n) is 8.84. The first kappa shape index (κ1) is 20.8. The highest BCUT2D eigenvalue weighted by atomic mass is 32.1. The number of carbonyl (C=O) groups excluding carboxylic acids is 2. The van der Waals surface area contributed by atoms with Crippen LogP contribution >= 0.6 is 11.3 Å². The van der Waals surface area contributed by atoms with Crippen molar-refractivity contribution >= 4 is 39.1 Å². The van der Waals surface area contributed by atoms with Gasteiger partial charge in [-0.15, -0.1) is 11.3 Å². The van der Waals surface area contributed by atoms with E-state index in [1.165, 1.54) is 4.90 Å². The standard InChI is InChI=1S/C20H17F3N2O3S/c1-2-28-17(27)9-8-16(26)25(12-6-4-3-5-7-12)11-15-24-19-18(23)13(21)10-14(22)20(19)29-15/h3-7,10H,2,8-9,11H2,1H3.